The minimum Gasteiger partial charge on any atom is -0.495 e. The zero-order valence-corrected chi connectivity index (χ0v) is 16.1. The van der Waals surface area contributed by atoms with Crippen LogP contribution in [0.25, 0.3) is 0 Å². The van der Waals surface area contributed by atoms with Gasteiger partial charge in [-0.3, -0.25) is 0 Å². The number of hydrogen-bond donors (Lipinski definition) is 0. The Balaban J connectivity index is 2.56. The number of methoxy groups -OCH3 is 2. The highest BCUT2D eigenvalue weighted by Gasteiger charge is 2.20. The van der Waals surface area contributed by atoms with Crippen molar-refractivity contribution >= 4 is 31.9 Å². The molecule has 0 aromatic heterocycles. The summed E-state index contributed by atoms with van der Waals surface area (Å²) in [7, 11) is 2.91. The van der Waals surface area contributed by atoms with Crippen molar-refractivity contribution in [2.24, 2.45) is 0 Å². The van der Waals surface area contributed by atoms with E-state index in [-0.39, 0.29) is 11.5 Å². The zero-order valence-electron chi connectivity index (χ0n) is 12.9. The van der Waals surface area contributed by atoms with Crippen LogP contribution in [-0.4, -0.2) is 14.2 Å². The quantitative estimate of drug-likeness (QED) is 0.577. The molecule has 0 radical (unpaired) electrons. The topological polar surface area (TPSA) is 27.7 Å². The Labute approximate surface area is 149 Å². The lowest BCUT2D eigenvalue weighted by molar-refractivity contribution is 0.379. The van der Waals surface area contributed by atoms with Gasteiger partial charge in [0, 0.05) is 23.3 Å². The van der Waals surface area contributed by atoms with Crippen LogP contribution in [-0.2, 0) is 0 Å². The lowest BCUT2D eigenvalue weighted by Gasteiger charge is -2.15. The third-order valence-corrected chi connectivity index (χ3v) is 5.34. The van der Waals surface area contributed by atoms with Crippen molar-refractivity contribution in [3.63, 3.8) is 0 Å². The molecule has 0 aliphatic rings. The minimum atomic E-state index is -0.600. The van der Waals surface area contributed by atoms with E-state index in [0.717, 1.165) is 0 Å². The van der Waals surface area contributed by atoms with Crippen LogP contribution in [0.1, 0.15) is 11.1 Å². The number of ether oxygens (including phenoxy) is 3. The number of halogens is 4. The Hall–Kier alpha value is -1.34. The summed E-state index contributed by atoms with van der Waals surface area (Å²) in [5.74, 6) is -0.691. The van der Waals surface area contributed by atoms with E-state index >= 15 is 0 Å². The molecular formula is C16H14Br2F2O3. The van der Waals surface area contributed by atoms with E-state index in [1.165, 1.54) is 26.4 Å². The first kappa shape index (κ1) is 18.0. The summed E-state index contributed by atoms with van der Waals surface area (Å²) in [5, 5.41) is 0. The van der Waals surface area contributed by atoms with Gasteiger partial charge in [-0.2, -0.15) is 0 Å². The maximum absolute atomic E-state index is 14.4. The van der Waals surface area contributed by atoms with Gasteiger partial charge in [-0.25, -0.2) is 8.78 Å². The molecule has 0 saturated heterocycles. The van der Waals surface area contributed by atoms with Crippen LogP contribution in [0.3, 0.4) is 0 Å². The normalized spacial score (nSPS) is 10.6. The van der Waals surface area contributed by atoms with Crippen molar-refractivity contribution < 1.29 is 23.0 Å². The van der Waals surface area contributed by atoms with Crippen molar-refractivity contribution in [1.82, 2.24) is 0 Å². The lowest BCUT2D eigenvalue weighted by Crippen LogP contribution is -1.99. The molecule has 0 heterocycles. The van der Waals surface area contributed by atoms with E-state index in [1.54, 1.807) is 13.8 Å². The monoisotopic (exact) mass is 450 g/mol. The predicted octanol–water partition coefficient (Wildman–Crippen LogP) is 5.92. The van der Waals surface area contributed by atoms with Crippen LogP contribution in [0.2, 0.25) is 0 Å². The van der Waals surface area contributed by atoms with Crippen molar-refractivity contribution in [2.45, 2.75) is 13.8 Å². The maximum Gasteiger partial charge on any atom is 0.170 e. The zero-order chi connectivity index (χ0) is 17.3. The summed E-state index contributed by atoms with van der Waals surface area (Å²) in [6.45, 7) is 3.14. The van der Waals surface area contributed by atoms with Crippen LogP contribution in [0.4, 0.5) is 8.78 Å². The molecule has 0 aliphatic heterocycles. The van der Waals surface area contributed by atoms with Crippen molar-refractivity contribution in [2.75, 3.05) is 14.2 Å². The number of benzene rings is 2. The fourth-order valence-corrected chi connectivity index (χ4v) is 2.89. The van der Waals surface area contributed by atoms with E-state index in [9.17, 15) is 8.78 Å². The largest absolute Gasteiger partial charge is 0.495 e. The summed E-state index contributed by atoms with van der Waals surface area (Å²) < 4.78 is 45.5. The molecule has 2 aromatic rings. The van der Waals surface area contributed by atoms with Crippen LogP contribution in [0.5, 0.6) is 23.0 Å². The summed E-state index contributed by atoms with van der Waals surface area (Å²) in [6, 6.07) is 2.71. The van der Waals surface area contributed by atoms with E-state index in [2.05, 4.69) is 31.9 Å². The molecule has 0 aliphatic carbocycles. The Morgan fingerprint density at radius 2 is 1.09 bits per heavy atom. The Morgan fingerprint density at radius 3 is 1.39 bits per heavy atom. The van der Waals surface area contributed by atoms with Gasteiger partial charge in [0.15, 0.2) is 23.1 Å². The Kier molecular flexibility index (Phi) is 5.52. The van der Waals surface area contributed by atoms with E-state index in [0.29, 0.717) is 31.6 Å². The molecule has 0 unspecified atom stereocenters. The van der Waals surface area contributed by atoms with Gasteiger partial charge in [-0.1, -0.05) is 0 Å². The first-order chi connectivity index (χ1) is 10.8. The molecule has 0 fully saturated rings. The summed E-state index contributed by atoms with van der Waals surface area (Å²) in [4.78, 5) is 0. The van der Waals surface area contributed by atoms with E-state index in [1.807, 2.05) is 0 Å². The van der Waals surface area contributed by atoms with Gasteiger partial charge >= 0.3 is 0 Å². The highest BCUT2D eigenvalue weighted by atomic mass is 79.9. The molecule has 0 atom stereocenters. The van der Waals surface area contributed by atoms with Crippen molar-refractivity contribution in [3.8, 4) is 23.0 Å². The number of rotatable bonds is 4. The molecule has 2 rings (SSSR count). The first-order valence-electron chi connectivity index (χ1n) is 6.54. The Bertz CT molecular complexity index is 700. The lowest BCUT2D eigenvalue weighted by atomic mass is 10.2. The van der Waals surface area contributed by atoms with Gasteiger partial charge in [0.05, 0.1) is 23.2 Å². The summed E-state index contributed by atoms with van der Waals surface area (Å²) >= 11 is 6.50. The van der Waals surface area contributed by atoms with Gasteiger partial charge in [-0.15, -0.1) is 0 Å². The first-order valence-corrected chi connectivity index (χ1v) is 8.13. The van der Waals surface area contributed by atoms with Crippen LogP contribution < -0.4 is 14.2 Å². The van der Waals surface area contributed by atoms with E-state index in [4.69, 9.17) is 14.2 Å². The van der Waals surface area contributed by atoms with Gasteiger partial charge in [0.2, 0.25) is 0 Å². The number of hydrogen-bond acceptors (Lipinski definition) is 3. The highest BCUT2D eigenvalue weighted by Crippen LogP contribution is 2.41. The molecule has 124 valence electrons. The molecule has 3 nitrogen and oxygen atoms in total. The molecule has 0 N–H and O–H groups in total. The molecule has 0 amide bonds. The van der Waals surface area contributed by atoms with Gasteiger partial charge in [0.25, 0.3) is 0 Å². The molecular weight excluding hydrogens is 438 g/mol. The second-order valence-electron chi connectivity index (χ2n) is 4.76. The second kappa shape index (κ2) is 7.05. The van der Waals surface area contributed by atoms with Gasteiger partial charge in [-0.05, 0) is 45.7 Å². The third kappa shape index (κ3) is 3.30. The maximum atomic E-state index is 14.4. The fourth-order valence-electron chi connectivity index (χ4n) is 1.99. The predicted molar refractivity (Wildman–Crippen MR) is 90.9 cm³/mol. The summed E-state index contributed by atoms with van der Waals surface area (Å²) in [6.07, 6.45) is 0. The molecule has 7 heteroatoms. The second-order valence-corrected chi connectivity index (χ2v) is 6.35. The molecule has 23 heavy (non-hydrogen) atoms. The molecule has 0 saturated carbocycles. The SMILES string of the molecule is COc1cc(Oc2cc(OC)c(Br)c(C)c2F)c(F)c(C)c1Br. The summed E-state index contributed by atoms with van der Waals surface area (Å²) in [5.41, 5.74) is 0.612. The average molecular weight is 452 g/mol. The minimum absolute atomic E-state index is 0.134. The van der Waals surface area contributed by atoms with Gasteiger partial charge in [0.1, 0.15) is 11.5 Å². The molecule has 0 bridgehead atoms. The smallest absolute Gasteiger partial charge is 0.170 e. The Morgan fingerprint density at radius 1 is 0.739 bits per heavy atom. The van der Waals surface area contributed by atoms with Gasteiger partial charge < -0.3 is 14.2 Å². The highest BCUT2D eigenvalue weighted by molar-refractivity contribution is 9.11. The van der Waals surface area contributed by atoms with Crippen LogP contribution in [0.15, 0.2) is 21.1 Å². The van der Waals surface area contributed by atoms with Crippen molar-refractivity contribution in [1.29, 1.82) is 0 Å². The van der Waals surface area contributed by atoms with Crippen LogP contribution in [0, 0.1) is 25.5 Å². The van der Waals surface area contributed by atoms with E-state index < -0.39 is 11.6 Å². The molecule has 2 aromatic carbocycles. The standard InChI is InChI=1S/C16H14Br2F2O3/c1-7-13(17)9(21-3)5-11(15(7)19)23-12-6-10(22-4)14(18)8(2)16(12)20/h5-6H,1-4H3. The van der Waals surface area contributed by atoms with Crippen LogP contribution >= 0.6 is 31.9 Å². The molecule has 0 spiro atoms. The fraction of sp³-hybridized carbons (Fsp3) is 0.250. The average Bonchev–Trinajstić information content (AvgIpc) is 2.55. The third-order valence-electron chi connectivity index (χ3n) is 3.37. The van der Waals surface area contributed by atoms with Crippen molar-refractivity contribution in [3.05, 3.63) is 43.8 Å².